The second-order valence-electron chi connectivity index (χ2n) is 6.15. The first-order valence-electron chi connectivity index (χ1n) is 8.14. The Bertz CT molecular complexity index is 820. The van der Waals surface area contributed by atoms with Crippen LogP contribution in [0.15, 0.2) is 47.7 Å². The second-order valence-corrected chi connectivity index (χ2v) is 6.93. The number of nitrogens with zero attached hydrogens (tertiary/aromatic N) is 3. The molecule has 0 atom stereocenters. The number of aromatic nitrogens is 2. The third-order valence-corrected chi connectivity index (χ3v) is 5.18. The zero-order valence-electron chi connectivity index (χ0n) is 13.3. The average Bonchev–Trinajstić information content (AvgIpc) is 3.27. The number of carbonyl (C=O) groups excluding carboxylic acids is 1. The van der Waals surface area contributed by atoms with Gasteiger partial charge in [0.05, 0.1) is 23.6 Å². The van der Waals surface area contributed by atoms with E-state index < -0.39 is 0 Å². The van der Waals surface area contributed by atoms with Crippen molar-refractivity contribution in [1.29, 1.82) is 0 Å². The van der Waals surface area contributed by atoms with Crippen LogP contribution in [0.3, 0.4) is 0 Å². The summed E-state index contributed by atoms with van der Waals surface area (Å²) in [4.78, 5) is 18.8. The van der Waals surface area contributed by atoms with Gasteiger partial charge in [0, 0.05) is 25.8 Å². The van der Waals surface area contributed by atoms with Gasteiger partial charge in [-0.1, -0.05) is 0 Å². The Morgan fingerprint density at radius 3 is 3.00 bits per heavy atom. The van der Waals surface area contributed by atoms with E-state index in [0.717, 1.165) is 38.0 Å². The number of fused-ring (bicyclic) bond motifs is 1. The maximum atomic E-state index is 12.4. The molecule has 0 bridgehead atoms. The van der Waals surface area contributed by atoms with Crippen LogP contribution in [0, 0.1) is 0 Å². The van der Waals surface area contributed by atoms with Crippen molar-refractivity contribution in [3.05, 3.63) is 58.8 Å². The first-order chi connectivity index (χ1) is 11.8. The maximum absolute atomic E-state index is 12.4. The number of pyridine rings is 1. The molecule has 124 valence electrons. The van der Waals surface area contributed by atoms with Crippen LogP contribution in [0.4, 0.5) is 0 Å². The number of thiophene rings is 1. The molecule has 0 aliphatic carbocycles. The Kier molecular flexibility index (Phi) is 4.32. The number of hydrogen-bond donors (Lipinski definition) is 0. The monoisotopic (exact) mass is 341 g/mol. The zero-order valence-corrected chi connectivity index (χ0v) is 14.1. The van der Waals surface area contributed by atoms with Crippen LogP contribution < -0.4 is 0 Å². The smallest absolute Gasteiger partial charge is 0.338 e. The molecule has 0 radical (unpaired) electrons. The highest BCUT2D eigenvalue weighted by Gasteiger charge is 2.23. The molecule has 0 aromatic carbocycles. The van der Waals surface area contributed by atoms with Gasteiger partial charge < -0.3 is 9.14 Å². The molecule has 1 saturated heterocycles. The van der Waals surface area contributed by atoms with Crippen molar-refractivity contribution < 1.29 is 9.53 Å². The van der Waals surface area contributed by atoms with Crippen LogP contribution in [0.5, 0.6) is 0 Å². The number of likely N-dealkylation sites (tertiary alicyclic amines) is 1. The molecule has 0 saturated carbocycles. The van der Waals surface area contributed by atoms with Crippen LogP contribution >= 0.6 is 11.3 Å². The summed E-state index contributed by atoms with van der Waals surface area (Å²) in [6.07, 6.45) is 7.09. The first-order valence-corrected chi connectivity index (χ1v) is 9.08. The summed E-state index contributed by atoms with van der Waals surface area (Å²) in [5, 5.41) is 4.31. The lowest BCUT2D eigenvalue weighted by Crippen LogP contribution is -2.37. The molecule has 1 aliphatic heterocycles. The van der Waals surface area contributed by atoms with Crippen molar-refractivity contribution in [2.75, 3.05) is 13.1 Å². The van der Waals surface area contributed by atoms with Gasteiger partial charge in [-0.15, -0.1) is 0 Å². The summed E-state index contributed by atoms with van der Waals surface area (Å²) in [5.41, 5.74) is 2.85. The average molecular weight is 341 g/mol. The molecule has 0 amide bonds. The zero-order chi connectivity index (χ0) is 16.4. The molecule has 24 heavy (non-hydrogen) atoms. The summed E-state index contributed by atoms with van der Waals surface area (Å²) >= 11 is 1.73. The van der Waals surface area contributed by atoms with E-state index in [1.807, 2.05) is 16.7 Å². The molecular weight excluding hydrogens is 322 g/mol. The molecule has 3 aromatic rings. The molecule has 5 nitrogen and oxygen atoms in total. The highest BCUT2D eigenvalue weighted by Crippen LogP contribution is 2.19. The fraction of sp³-hybridized carbons (Fsp3) is 0.333. The Balaban J connectivity index is 1.32. The number of piperidine rings is 1. The van der Waals surface area contributed by atoms with Gasteiger partial charge in [-0.05, 0) is 47.4 Å². The van der Waals surface area contributed by atoms with Crippen molar-refractivity contribution in [3.63, 3.8) is 0 Å². The molecule has 0 spiro atoms. The quantitative estimate of drug-likeness (QED) is 0.684. The minimum Gasteiger partial charge on any atom is -0.459 e. The topological polar surface area (TPSA) is 46.8 Å². The molecule has 3 aromatic heterocycles. The normalized spacial score (nSPS) is 16.5. The van der Waals surface area contributed by atoms with Gasteiger partial charge in [0.25, 0.3) is 0 Å². The Morgan fingerprint density at radius 2 is 2.21 bits per heavy atom. The number of esters is 1. The summed E-state index contributed by atoms with van der Waals surface area (Å²) < 4.78 is 7.57. The van der Waals surface area contributed by atoms with Crippen molar-refractivity contribution in [3.8, 4) is 0 Å². The standard InChI is InChI=1S/C18H19N3O2S/c22-18(15-1-7-21-13-19-10-16(21)9-15)23-17-2-5-20(6-3-17)11-14-4-8-24-12-14/h1,4,7-10,12-13,17H,2-3,5-6,11H2. The lowest BCUT2D eigenvalue weighted by Gasteiger charge is -2.31. The Morgan fingerprint density at radius 1 is 1.33 bits per heavy atom. The third kappa shape index (κ3) is 3.34. The van der Waals surface area contributed by atoms with E-state index >= 15 is 0 Å². The van der Waals surface area contributed by atoms with Crippen molar-refractivity contribution in [2.45, 2.75) is 25.5 Å². The first kappa shape index (κ1) is 15.4. The van der Waals surface area contributed by atoms with Crippen molar-refractivity contribution in [2.24, 2.45) is 0 Å². The molecule has 4 rings (SSSR count). The molecule has 1 fully saturated rings. The minimum absolute atomic E-state index is 0.0114. The van der Waals surface area contributed by atoms with Crippen LogP contribution in [-0.4, -0.2) is 39.4 Å². The highest BCUT2D eigenvalue weighted by molar-refractivity contribution is 7.07. The SMILES string of the molecule is O=C(OC1CCN(Cc2ccsc2)CC1)c1ccn2cncc2c1. The van der Waals surface area contributed by atoms with E-state index in [0.29, 0.717) is 5.56 Å². The largest absolute Gasteiger partial charge is 0.459 e. The van der Waals surface area contributed by atoms with Gasteiger partial charge in [-0.2, -0.15) is 11.3 Å². The Labute approximate surface area is 144 Å². The predicted molar refractivity (Wildman–Crippen MR) is 93.2 cm³/mol. The highest BCUT2D eigenvalue weighted by atomic mass is 32.1. The number of rotatable bonds is 4. The van der Waals surface area contributed by atoms with Gasteiger partial charge in [0.1, 0.15) is 6.10 Å². The third-order valence-electron chi connectivity index (χ3n) is 4.44. The van der Waals surface area contributed by atoms with Crippen molar-refractivity contribution in [1.82, 2.24) is 14.3 Å². The molecule has 6 heteroatoms. The molecule has 0 N–H and O–H groups in total. The van der Waals surface area contributed by atoms with Gasteiger partial charge in [-0.25, -0.2) is 9.78 Å². The summed E-state index contributed by atoms with van der Waals surface area (Å²) in [6.45, 7) is 2.92. The van der Waals surface area contributed by atoms with Gasteiger partial charge in [0.2, 0.25) is 0 Å². The van der Waals surface area contributed by atoms with Gasteiger partial charge in [0.15, 0.2) is 0 Å². The lowest BCUT2D eigenvalue weighted by molar-refractivity contribution is 0.0104. The van der Waals surface area contributed by atoms with E-state index in [2.05, 4.69) is 26.7 Å². The minimum atomic E-state index is -0.241. The fourth-order valence-electron chi connectivity index (χ4n) is 3.09. The van der Waals surface area contributed by atoms with Gasteiger partial charge in [-0.3, -0.25) is 4.90 Å². The maximum Gasteiger partial charge on any atom is 0.338 e. The van der Waals surface area contributed by atoms with Crippen molar-refractivity contribution >= 4 is 22.8 Å². The summed E-state index contributed by atoms with van der Waals surface area (Å²) in [5.74, 6) is -0.241. The van der Waals surface area contributed by atoms with Crippen LogP contribution in [0.1, 0.15) is 28.8 Å². The van der Waals surface area contributed by atoms with E-state index in [1.54, 1.807) is 29.9 Å². The number of ether oxygens (including phenoxy) is 1. The number of imidazole rings is 1. The van der Waals surface area contributed by atoms with Gasteiger partial charge >= 0.3 is 5.97 Å². The summed E-state index contributed by atoms with van der Waals surface area (Å²) in [6, 6.07) is 5.77. The second kappa shape index (κ2) is 6.75. The number of hydrogen-bond acceptors (Lipinski definition) is 5. The van der Waals surface area contributed by atoms with Crippen LogP contribution in [0.25, 0.3) is 5.52 Å². The van der Waals surface area contributed by atoms with E-state index in [-0.39, 0.29) is 12.1 Å². The van der Waals surface area contributed by atoms with Crippen LogP contribution in [-0.2, 0) is 11.3 Å². The molecule has 4 heterocycles. The summed E-state index contributed by atoms with van der Waals surface area (Å²) in [7, 11) is 0. The predicted octanol–water partition coefficient (Wildman–Crippen LogP) is 3.22. The fourth-order valence-corrected chi connectivity index (χ4v) is 3.75. The number of carbonyl (C=O) groups is 1. The molecule has 1 aliphatic rings. The van der Waals surface area contributed by atoms with Crippen LogP contribution in [0.2, 0.25) is 0 Å². The Hall–Kier alpha value is -2.18. The lowest BCUT2D eigenvalue weighted by atomic mass is 10.1. The van der Waals surface area contributed by atoms with E-state index in [4.69, 9.17) is 4.74 Å². The van der Waals surface area contributed by atoms with E-state index in [1.165, 1.54) is 5.56 Å². The molecular formula is C18H19N3O2S. The molecule has 0 unspecified atom stereocenters. The van der Waals surface area contributed by atoms with E-state index in [9.17, 15) is 4.79 Å².